The van der Waals surface area contributed by atoms with Crippen LogP contribution in [0.1, 0.15) is 5.56 Å². The molecule has 0 atom stereocenters. The van der Waals surface area contributed by atoms with Gasteiger partial charge in [0.15, 0.2) is 0 Å². The zero-order chi connectivity index (χ0) is 18.1. The van der Waals surface area contributed by atoms with Gasteiger partial charge in [-0.3, -0.25) is 0 Å². The van der Waals surface area contributed by atoms with Crippen molar-refractivity contribution in [3.05, 3.63) is 65.7 Å². The van der Waals surface area contributed by atoms with Gasteiger partial charge in [0.25, 0.3) is 5.19 Å². The number of sulfonamides is 1. The van der Waals surface area contributed by atoms with Gasteiger partial charge in [0, 0.05) is 11.6 Å². The van der Waals surface area contributed by atoms with Crippen molar-refractivity contribution in [1.29, 1.82) is 0 Å². The maximum Gasteiger partial charge on any atom is 0.273 e. The highest BCUT2D eigenvalue weighted by Gasteiger charge is 2.38. The lowest BCUT2D eigenvalue weighted by Crippen LogP contribution is -2.55. The van der Waals surface area contributed by atoms with Crippen LogP contribution in [0.4, 0.5) is 0 Å². The molecule has 2 aromatic carbocycles. The first-order chi connectivity index (χ1) is 12.5. The fraction of sp³-hybridized carbons (Fsp3) is 0.211. The molecule has 0 spiro atoms. The molecule has 7 heteroatoms. The summed E-state index contributed by atoms with van der Waals surface area (Å²) < 4.78 is 32.5. The minimum atomic E-state index is -3.48. The Kier molecular flexibility index (Phi) is 4.52. The molecule has 0 N–H and O–H groups in total. The second-order valence-electron chi connectivity index (χ2n) is 6.25. The molecule has 5 nitrogen and oxygen atoms in total. The molecule has 0 bridgehead atoms. The molecule has 0 aliphatic carbocycles. The fourth-order valence-electron chi connectivity index (χ4n) is 2.88. The Hall–Kier alpha value is -2.22. The lowest BCUT2D eigenvalue weighted by atomic mass is 10.0. The van der Waals surface area contributed by atoms with Crippen molar-refractivity contribution in [2.24, 2.45) is 0 Å². The topological polar surface area (TPSA) is 59.5 Å². The summed E-state index contributed by atoms with van der Waals surface area (Å²) in [6.45, 7) is 2.74. The second-order valence-corrected chi connectivity index (χ2v) is 9.05. The molecule has 3 aromatic rings. The number of aryl methyl sites for hydroxylation is 1. The molecule has 1 saturated heterocycles. The van der Waals surface area contributed by atoms with Gasteiger partial charge in [-0.2, -0.15) is 4.31 Å². The van der Waals surface area contributed by atoms with E-state index in [0.29, 0.717) is 23.2 Å². The molecule has 1 aliphatic rings. The third kappa shape index (κ3) is 3.38. The molecule has 1 aliphatic heterocycles. The molecule has 0 saturated carbocycles. The van der Waals surface area contributed by atoms with E-state index in [1.54, 1.807) is 18.3 Å². The third-order valence-corrected chi connectivity index (χ3v) is 6.84. The van der Waals surface area contributed by atoms with Gasteiger partial charge in [-0.05, 0) is 30.2 Å². The van der Waals surface area contributed by atoms with Crippen LogP contribution in [0.25, 0.3) is 11.1 Å². The van der Waals surface area contributed by atoms with E-state index in [0.717, 1.165) is 11.1 Å². The Morgan fingerprint density at radius 1 is 1.12 bits per heavy atom. The summed E-state index contributed by atoms with van der Waals surface area (Å²) in [5.41, 5.74) is 3.25. The van der Waals surface area contributed by atoms with Crippen LogP contribution in [0, 0.1) is 6.92 Å². The van der Waals surface area contributed by atoms with E-state index in [4.69, 9.17) is 4.74 Å². The number of hydrogen-bond acceptors (Lipinski definition) is 5. The summed E-state index contributed by atoms with van der Waals surface area (Å²) in [6, 6.07) is 15.2. The van der Waals surface area contributed by atoms with Crippen molar-refractivity contribution in [3.8, 4) is 16.3 Å². The molecule has 26 heavy (non-hydrogen) atoms. The van der Waals surface area contributed by atoms with Crippen molar-refractivity contribution in [1.82, 2.24) is 9.29 Å². The third-order valence-electron chi connectivity index (χ3n) is 4.34. The number of ether oxygens (including phenoxy) is 1. The first-order valence-corrected chi connectivity index (χ1v) is 10.6. The maximum absolute atomic E-state index is 12.7. The molecule has 134 valence electrons. The Morgan fingerprint density at radius 2 is 1.88 bits per heavy atom. The number of benzene rings is 2. The zero-order valence-electron chi connectivity index (χ0n) is 14.2. The highest BCUT2D eigenvalue weighted by atomic mass is 32.2. The molecule has 1 aromatic heterocycles. The highest BCUT2D eigenvalue weighted by Crippen LogP contribution is 2.27. The SMILES string of the molecule is Cc1cccc(-c2ccc(S(=O)(=O)N3CC(Oc4nccs4)C3)cc2)c1. The van der Waals surface area contributed by atoms with Gasteiger partial charge < -0.3 is 4.74 Å². The average molecular weight is 386 g/mol. The molecule has 1 fully saturated rings. The van der Waals surface area contributed by atoms with Crippen molar-refractivity contribution < 1.29 is 13.2 Å². The molecule has 2 heterocycles. The van der Waals surface area contributed by atoms with Gasteiger partial charge in [-0.25, -0.2) is 13.4 Å². The summed E-state index contributed by atoms with van der Waals surface area (Å²) in [4.78, 5) is 4.36. The first kappa shape index (κ1) is 17.2. The summed E-state index contributed by atoms with van der Waals surface area (Å²) in [5.74, 6) is 0. The Bertz CT molecular complexity index is 994. The number of hydrogen-bond donors (Lipinski definition) is 0. The van der Waals surface area contributed by atoms with E-state index in [1.165, 1.54) is 21.2 Å². The predicted molar refractivity (Wildman–Crippen MR) is 102 cm³/mol. The van der Waals surface area contributed by atoms with E-state index in [-0.39, 0.29) is 6.10 Å². The quantitative estimate of drug-likeness (QED) is 0.673. The second kappa shape index (κ2) is 6.83. The van der Waals surface area contributed by atoms with Gasteiger partial charge in [0.1, 0.15) is 6.10 Å². The van der Waals surface area contributed by atoms with Crippen molar-refractivity contribution in [2.45, 2.75) is 17.9 Å². The zero-order valence-corrected chi connectivity index (χ0v) is 15.8. The molecule has 0 radical (unpaired) electrons. The van der Waals surface area contributed by atoms with Crippen LogP contribution in [-0.4, -0.2) is 36.9 Å². The number of thiazole rings is 1. The summed E-state index contributed by atoms with van der Waals surface area (Å²) >= 11 is 1.40. The summed E-state index contributed by atoms with van der Waals surface area (Å²) in [5, 5.41) is 2.41. The Labute approximate surface area is 156 Å². The van der Waals surface area contributed by atoms with Crippen LogP contribution >= 0.6 is 11.3 Å². The number of rotatable bonds is 5. The van der Waals surface area contributed by atoms with Crippen LogP contribution in [0.2, 0.25) is 0 Å². The van der Waals surface area contributed by atoms with E-state index < -0.39 is 10.0 Å². The highest BCUT2D eigenvalue weighted by molar-refractivity contribution is 7.89. The van der Waals surface area contributed by atoms with Crippen LogP contribution in [-0.2, 0) is 10.0 Å². The van der Waals surface area contributed by atoms with Gasteiger partial charge >= 0.3 is 0 Å². The van der Waals surface area contributed by atoms with E-state index >= 15 is 0 Å². The minimum absolute atomic E-state index is 0.137. The largest absolute Gasteiger partial charge is 0.464 e. The van der Waals surface area contributed by atoms with Crippen molar-refractivity contribution in [3.63, 3.8) is 0 Å². The molecular formula is C19H18N2O3S2. The van der Waals surface area contributed by atoms with Crippen LogP contribution in [0.15, 0.2) is 65.0 Å². The van der Waals surface area contributed by atoms with Gasteiger partial charge in [0.05, 0.1) is 18.0 Å². The number of aromatic nitrogens is 1. The summed E-state index contributed by atoms with van der Waals surface area (Å²) in [6.07, 6.45) is 1.53. The van der Waals surface area contributed by atoms with E-state index in [9.17, 15) is 8.42 Å². The Morgan fingerprint density at radius 3 is 2.54 bits per heavy atom. The fourth-order valence-corrected chi connectivity index (χ4v) is 4.93. The predicted octanol–water partition coefficient (Wildman–Crippen LogP) is 3.57. The average Bonchev–Trinajstić information content (AvgIpc) is 3.11. The number of nitrogens with zero attached hydrogens (tertiary/aromatic N) is 2. The molecule has 0 amide bonds. The van der Waals surface area contributed by atoms with Crippen LogP contribution in [0.5, 0.6) is 5.19 Å². The van der Waals surface area contributed by atoms with Crippen LogP contribution < -0.4 is 4.74 Å². The Balaban J connectivity index is 1.45. The van der Waals surface area contributed by atoms with E-state index in [1.807, 2.05) is 42.6 Å². The smallest absolute Gasteiger partial charge is 0.273 e. The molecule has 4 rings (SSSR count). The standard InChI is InChI=1S/C19H18N2O3S2/c1-14-3-2-4-16(11-14)15-5-7-18(8-6-15)26(22,23)21-12-17(13-21)24-19-20-9-10-25-19/h2-11,17H,12-13H2,1H3. The molecular weight excluding hydrogens is 368 g/mol. The first-order valence-electron chi connectivity index (χ1n) is 8.26. The van der Waals surface area contributed by atoms with Crippen molar-refractivity contribution >= 4 is 21.4 Å². The minimum Gasteiger partial charge on any atom is -0.464 e. The van der Waals surface area contributed by atoms with Crippen molar-refractivity contribution in [2.75, 3.05) is 13.1 Å². The lowest BCUT2D eigenvalue weighted by molar-refractivity contribution is 0.0759. The van der Waals surface area contributed by atoms with E-state index in [2.05, 4.69) is 11.1 Å². The molecule has 0 unspecified atom stereocenters. The maximum atomic E-state index is 12.7. The van der Waals surface area contributed by atoms with Gasteiger partial charge in [-0.1, -0.05) is 53.3 Å². The lowest BCUT2D eigenvalue weighted by Gasteiger charge is -2.37. The van der Waals surface area contributed by atoms with Gasteiger partial charge in [0.2, 0.25) is 10.0 Å². The summed E-state index contributed by atoms with van der Waals surface area (Å²) in [7, 11) is -3.48. The monoisotopic (exact) mass is 386 g/mol. The van der Waals surface area contributed by atoms with Gasteiger partial charge in [-0.15, -0.1) is 0 Å². The normalized spacial score (nSPS) is 15.6. The van der Waals surface area contributed by atoms with Crippen LogP contribution in [0.3, 0.4) is 0 Å².